The van der Waals surface area contributed by atoms with E-state index in [1.54, 1.807) is 17.3 Å². The summed E-state index contributed by atoms with van der Waals surface area (Å²) in [5.74, 6) is 0.456. The number of para-hydroxylation sites is 2. The molecular weight excluding hydrogens is 444 g/mol. The van der Waals surface area contributed by atoms with Crippen LogP contribution in [-0.4, -0.2) is 18.8 Å². The molecule has 36 heavy (non-hydrogen) atoms. The van der Waals surface area contributed by atoms with Crippen molar-refractivity contribution in [2.75, 3.05) is 11.9 Å². The lowest BCUT2D eigenvalue weighted by molar-refractivity contribution is -0.143. The zero-order valence-corrected chi connectivity index (χ0v) is 21.0. The first-order valence-corrected chi connectivity index (χ1v) is 13.2. The van der Waals surface area contributed by atoms with Crippen LogP contribution in [0.3, 0.4) is 0 Å². The van der Waals surface area contributed by atoms with E-state index in [0.29, 0.717) is 18.9 Å². The molecule has 0 bridgehead atoms. The lowest BCUT2D eigenvalue weighted by Crippen LogP contribution is -2.17. The average molecular weight is 479 g/mol. The summed E-state index contributed by atoms with van der Waals surface area (Å²) in [7, 11) is 0. The quantitative estimate of drug-likeness (QED) is 0.394. The standard InChI is InChI=1S/C23H26O2.C9H8N2/c1-2-25-23(24)15-11-17-7-5-9-20-19(17)13-14-21-18-8-4-3-6-16(18)10-12-22(20)21;1-2-5-9-8(4-1)10-6-3-7-11-9/h3-4,6,8,13-14,17H,2,5,7,9-12,15H2,1H3;1-7,10H. The van der Waals surface area contributed by atoms with Crippen LogP contribution in [0.4, 0.5) is 11.4 Å². The van der Waals surface area contributed by atoms with Gasteiger partial charge in [-0.25, -0.2) is 0 Å². The number of hydrogen-bond acceptors (Lipinski definition) is 4. The first-order chi connectivity index (χ1) is 17.7. The number of ether oxygens (including phenoxy) is 1. The summed E-state index contributed by atoms with van der Waals surface area (Å²) in [5, 5.41) is 3.12. The maximum atomic E-state index is 11.7. The highest BCUT2D eigenvalue weighted by atomic mass is 16.5. The second-order valence-electron chi connectivity index (χ2n) is 9.55. The molecule has 1 unspecified atom stereocenters. The third kappa shape index (κ3) is 5.28. The summed E-state index contributed by atoms with van der Waals surface area (Å²) < 4.78 is 5.11. The van der Waals surface area contributed by atoms with Gasteiger partial charge < -0.3 is 10.1 Å². The first-order valence-electron chi connectivity index (χ1n) is 13.2. The molecule has 0 amide bonds. The van der Waals surface area contributed by atoms with Crippen LogP contribution < -0.4 is 5.32 Å². The molecule has 3 aliphatic rings. The van der Waals surface area contributed by atoms with Gasteiger partial charge in [0.1, 0.15) is 0 Å². The van der Waals surface area contributed by atoms with Crippen LogP contribution in [0.25, 0.3) is 11.1 Å². The Labute approximate surface area is 214 Å². The Kier molecular flexibility index (Phi) is 7.61. The number of allylic oxidation sites excluding steroid dienone is 1. The minimum absolute atomic E-state index is 0.0542. The van der Waals surface area contributed by atoms with Gasteiger partial charge in [-0.2, -0.15) is 0 Å². The lowest BCUT2D eigenvalue weighted by Gasteiger charge is -2.31. The summed E-state index contributed by atoms with van der Waals surface area (Å²) in [6.45, 7) is 2.35. The Morgan fingerprint density at radius 3 is 2.75 bits per heavy atom. The maximum Gasteiger partial charge on any atom is 0.305 e. The van der Waals surface area contributed by atoms with Crippen LogP contribution >= 0.6 is 0 Å². The number of nitrogens with zero attached hydrogens (tertiary/aromatic N) is 1. The van der Waals surface area contributed by atoms with Crippen molar-refractivity contribution >= 4 is 23.6 Å². The van der Waals surface area contributed by atoms with Gasteiger partial charge in [-0.3, -0.25) is 9.79 Å². The molecule has 0 aromatic heterocycles. The van der Waals surface area contributed by atoms with E-state index in [0.717, 1.165) is 30.6 Å². The van der Waals surface area contributed by atoms with E-state index < -0.39 is 0 Å². The van der Waals surface area contributed by atoms with Gasteiger partial charge in [0.2, 0.25) is 0 Å². The zero-order chi connectivity index (χ0) is 24.7. The number of esters is 1. The molecular formula is C32H34N2O2. The van der Waals surface area contributed by atoms with Gasteiger partial charge in [-0.05, 0) is 103 Å². The van der Waals surface area contributed by atoms with Crippen LogP contribution in [0, 0.1) is 0 Å². The highest BCUT2D eigenvalue weighted by Crippen LogP contribution is 2.42. The molecule has 3 aromatic rings. The predicted octanol–water partition coefficient (Wildman–Crippen LogP) is 7.54. The highest BCUT2D eigenvalue weighted by molar-refractivity contribution is 5.81. The minimum Gasteiger partial charge on any atom is -0.466 e. The van der Waals surface area contributed by atoms with E-state index in [4.69, 9.17) is 4.74 Å². The Morgan fingerprint density at radius 1 is 0.972 bits per heavy atom. The van der Waals surface area contributed by atoms with Crippen LogP contribution in [0.1, 0.15) is 60.8 Å². The van der Waals surface area contributed by atoms with Crippen LogP contribution in [0.15, 0.2) is 77.9 Å². The van der Waals surface area contributed by atoms with E-state index in [9.17, 15) is 4.79 Å². The van der Waals surface area contributed by atoms with Gasteiger partial charge in [-0.1, -0.05) is 48.5 Å². The Morgan fingerprint density at radius 2 is 1.83 bits per heavy atom. The van der Waals surface area contributed by atoms with Crippen molar-refractivity contribution in [2.24, 2.45) is 4.99 Å². The lowest BCUT2D eigenvalue weighted by atomic mass is 9.74. The summed E-state index contributed by atoms with van der Waals surface area (Å²) in [4.78, 5) is 16.0. The van der Waals surface area contributed by atoms with Gasteiger partial charge >= 0.3 is 5.97 Å². The van der Waals surface area contributed by atoms with Crippen molar-refractivity contribution in [1.82, 2.24) is 0 Å². The molecule has 1 aliphatic heterocycles. The Balaban J connectivity index is 0.000000202. The Hall–Kier alpha value is -3.66. The number of fused-ring (bicyclic) bond motifs is 6. The molecule has 0 saturated heterocycles. The number of anilines is 1. The average Bonchev–Trinajstić information content (AvgIpc) is 3.18. The number of carbonyl (C=O) groups is 1. The minimum atomic E-state index is -0.0542. The topological polar surface area (TPSA) is 50.7 Å². The fourth-order valence-corrected chi connectivity index (χ4v) is 5.71. The van der Waals surface area contributed by atoms with E-state index in [-0.39, 0.29) is 5.97 Å². The normalized spacial score (nSPS) is 16.6. The van der Waals surface area contributed by atoms with Gasteiger partial charge in [-0.15, -0.1) is 0 Å². The molecule has 2 aliphatic carbocycles. The molecule has 1 N–H and O–H groups in total. The largest absolute Gasteiger partial charge is 0.466 e. The second kappa shape index (κ2) is 11.4. The molecule has 4 nitrogen and oxygen atoms in total. The molecule has 6 rings (SSSR count). The smallest absolute Gasteiger partial charge is 0.305 e. The van der Waals surface area contributed by atoms with Crippen molar-refractivity contribution < 1.29 is 9.53 Å². The molecule has 1 heterocycles. The molecule has 3 aromatic carbocycles. The molecule has 0 radical (unpaired) electrons. The summed E-state index contributed by atoms with van der Waals surface area (Å²) >= 11 is 0. The molecule has 4 heteroatoms. The van der Waals surface area contributed by atoms with Gasteiger partial charge in [0.05, 0.1) is 18.0 Å². The SMILES string of the molecule is C1=CNc2ccccc2N=C1.CCOC(=O)CCC1CCCc2c1ccc1c2CCc2ccccc2-1. The van der Waals surface area contributed by atoms with Crippen LogP contribution in [0.2, 0.25) is 0 Å². The number of rotatable bonds is 4. The van der Waals surface area contributed by atoms with Crippen molar-refractivity contribution in [3.8, 4) is 11.1 Å². The zero-order valence-electron chi connectivity index (χ0n) is 21.0. The predicted molar refractivity (Wildman–Crippen MR) is 148 cm³/mol. The highest BCUT2D eigenvalue weighted by Gasteiger charge is 2.26. The van der Waals surface area contributed by atoms with Gasteiger partial charge in [0.15, 0.2) is 0 Å². The fourth-order valence-electron chi connectivity index (χ4n) is 5.71. The second-order valence-corrected chi connectivity index (χ2v) is 9.55. The third-order valence-corrected chi connectivity index (χ3v) is 7.38. The van der Waals surface area contributed by atoms with E-state index in [1.807, 2.05) is 43.5 Å². The van der Waals surface area contributed by atoms with E-state index in [2.05, 4.69) is 46.7 Å². The number of hydrogen-bond donors (Lipinski definition) is 1. The van der Waals surface area contributed by atoms with E-state index >= 15 is 0 Å². The number of aliphatic imine (C=N–C) groups is 1. The fraction of sp³-hybridized carbons (Fsp3) is 0.312. The monoisotopic (exact) mass is 478 g/mol. The first kappa shape index (κ1) is 24.1. The van der Waals surface area contributed by atoms with Crippen molar-refractivity contribution in [3.63, 3.8) is 0 Å². The molecule has 0 fully saturated rings. The Bertz CT molecular complexity index is 1290. The molecule has 0 saturated carbocycles. The summed E-state index contributed by atoms with van der Waals surface area (Å²) in [6.07, 6.45) is 12.9. The van der Waals surface area contributed by atoms with Crippen molar-refractivity contribution in [3.05, 3.63) is 95.2 Å². The van der Waals surface area contributed by atoms with Gasteiger partial charge in [0.25, 0.3) is 0 Å². The van der Waals surface area contributed by atoms with Gasteiger partial charge in [0, 0.05) is 18.8 Å². The molecule has 184 valence electrons. The molecule has 0 spiro atoms. The van der Waals surface area contributed by atoms with E-state index in [1.165, 1.54) is 41.5 Å². The number of nitrogens with one attached hydrogen (secondary N) is 1. The number of carbonyl (C=O) groups excluding carboxylic acids is 1. The third-order valence-electron chi connectivity index (χ3n) is 7.38. The van der Waals surface area contributed by atoms with Crippen molar-refractivity contribution in [1.29, 1.82) is 0 Å². The summed E-state index contributed by atoms with van der Waals surface area (Å²) in [5.41, 5.74) is 11.0. The maximum absolute atomic E-state index is 11.7. The number of benzene rings is 3. The summed E-state index contributed by atoms with van der Waals surface area (Å²) in [6, 6.07) is 21.4. The van der Waals surface area contributed by atoms with Crippen LogP contribution in [-0.2, 0) is 28.8 Å². The van der Waals surface area contributed by atoms with Crippen LogP contribution in [0.5, 0.6) is 0 Å². The van der Waals surface area contributed by atoms with Crippen molar-refractivity contribution in [2.45, 2.75) is 57.8 Å². The molecule has 1 atom stereocenters. The number of aryl methyl sites for hydroxylation is 1.